The number of ether oxygens (including phenoxy) is 1. The van der Waals surface area contributed by atoms with Gasteiger partial charge in [0.2, 0.25) is 0 Å². The van der Waals surface area contributed by atoms with E-state index >= 15 is 0 Å². The summed E-state index contributed by atoms with van der Waals surface area (Å²) in [6.07, 6.45) is 3.72. The fraction of sp³-hybridized carbons (Fsp3) is 0.500. The average Bonchev–Trinajstić information content (AvgIpc) is 2.98. The number of hydrogen-bond donors (Lipinski definition) is 1. The van der Waals surface area contributed by atoms with Gasteiger partial charge in [0, 0.05) is 50.0 Å². The maximum absolute atomic E-state index is 14.5. The molecule has 1 aliphatic rings. The summed E-state index contributed by atoms with van der Waals surface area (Å²) in [5.41, 5.74) is 1.63. The predicted octanol–water partition coefficient (Wildman–Crippen LogP) is 2.76. The highest BCUT2D eigenvalue weighted by molar-refractivity contribution is 6.31. The topological polar surface area (TPSA) is 42.3 Å². The molecule has 136 valence electrons. The molecule has 7 heteroatoms. The lowest BCUT2D eigenvalue weighted by Crippen LogP contribution is -2.46. The zero-order valence-electron chi connectivity index (χ0n) is 14.6. The molecule has 2 heterocycles. The molecule has 0 saturated carbocycles. The Hall–Kier alpha value is -1.47. The van der Waals surface area contributed by atoms with Crippen LogP contribution in [0, 0.1) is 5.82 Å². The molecule has 25 heavy (non-hydrogen) atoms. The lowest BCUT2D eigenvalue weighted by molar-refractivity contribution is -0.0349. The minimum absolute atomic E-state index is 0.124. The molecule has 2 aromatic rings. The molecule has 1 aliphatic heterocycles. The first-order valence-electron chi connectivity index (χ1n) is 8.51. The molecule has 1 aromatic heterocycles. The quantitative estimate of drug-likeness (QED) is 0.853. The Labute approximate surface area is 152 Å². The van der Waals surface area contributed by atoms with Crippen molar-refractivity contribution in [3.05, 3.63) is 52.8 Å². The van der Waals surface area contributed by atoms with Crippen molar-refractivity contribution in [2.45, 2.75) is 25.6 Å². The highest BCUT2D eigenvalue weighted by Gasteiger charge is 2.28. The number of nitrogens with one attached hydrogen (secondary N) is 1. The van der Waals surface area contributed by atoms with Crippen molar-refractivity contribution in [1.29, 1.82) is 0 Å². The molecule has 0 radical (unpaired) electrons. The number of aromatic nitrogens is 2. The lowest BCUT2D eigenvalue weighted by atomic mass is 10.0. The number of rotatable bonds is 6. The molecule has 3 rings (SSSR count). The third kappa shape index (κ3) is 4.39. The second-order valence-corrected chi connectivity index (χ2v) is 6.86. The summed E-state index contributed by atoms with van der Waals surface area (Å²) in [6, 6.07) is 4.72. The van der Waals surface area contributed by atoms with Crippen LogP contribution in [0.25, 0.3) is 0 Å². The highest BCUT2D eigenvalue weighted by atomic mass is 35.5. The Bertz CT molecular complexity index is 688. The first kappa shape index (κ1) is 18.3. The van der Waals surface area contributed by atoms with E-state index in [1.54, 1.807) is 18.5 Å². The van der Waals surface area contributed by atoms with Crippen molar-refractivity contribution in [1.82, 2.24) is 19.8 Å². The van der Waals surface area contributed by atoms with Crippen molar-refractivity contribution in [2.75, 3.05) is 26.2 Å². The maximum atomic E-state index is 14.5. The first-order chi connectivity index (χ1) is 12.1. The SMILES string of the molecule is C[C@H]1CN([C@H](CNCc2cncn2C)c2c(F)cccc2Cl)CCO1. The number of benzene rings is 1. The summed E-state index contributed by atoms with van der Waals surface area (Å²) in [4.78, 5) is 6.37. The van der Waals surface area contributed by atoms with Crippen LogP contribution in [0.2, 0.25) is 5.02 Å². The van der Waals surface area contributed by atoms with E-state index < -0.39 is 0 Å². The third-order valence-electron chi connectivity index (χ3n) is 4.61. The van der Waals surface area contributed by atoms with Crippen LogP contribution in [-0.2, 0) is 18.3 Å². The van der Waals surface area contributed by atoms with Crippen LogP contribution in [0.1, 0.15) is 24.2 Å². The van der Waals surface area contributed by atoms with Crippen LogP contribution < -0.4 is 5.32 Å². The number of hydrogen-bond acceptors (Lipinski definition) is 4. The summed E-state index contributed by atoms with van der Waals surface area (Å²) < 4.78 is 22.1. The van der Waals surface area contributed by atoms with E-state index in [9.17, 15) is 4.39 Å². The van der Waals surface area contributed by atoms with E-state index in [0.717, 1.165) is 18.8 Å². The van der Waals surface area contributed by atoms with Crippen molar-refractivity contribution in [2.24, 2.45) is 7.05 Å². The molecule has 1 aromatic carbocycles. The maximum Gasteiger partial charge on any atom is 0.129 e. The monoisotopic (exact) mass is 366 g/mol. The Morgan fingerprint density at radius 2 is 2.32 bits per heavy atom. The third-order valence-corrected chi connectivity index (χ3v) is 4.94. The van der Waals surface area contributed by atoms with Gasteiger partial charge < -0.3 is 14.6 Å². The minimum atomic E-state index is -0.265. The van der Waals surface area contributed by atoms with Gasteiger partial charge in [0.15, 0.2) is 0 Å². The summed E-state index contributed by atoms with van der Waals surface area (Å²) in [5, 5.41) is 3.89. The van der Waals surface area contributed by atoms with Crippen LogP contribution in [0.3, 0.4) is 0 Å². The van der Waals surface area contributed by atoms with E-state index in [-0.39, 0.29) is 18.0 Å². The lowest BCUT2D eigenvalue weighted by Gasteiger charge is -2.38. The van der Waals surface area contributed by atoms with Crippen LogP contribution in [0.15, 0.2) is 30.7 Å². The second-order valence-electron chi connectivity index (χ2n) is 6.45. The van der Waals surface area contributed by atoms with Crippen molar-refractivity contribution < 1.29 is 9.13 Å². The fourth-order valence-corrected chi connectivity index (χ4v) is 3.55. The molecule has 0 aliphatic carbocycles. The standard InChI is InChI=1S/C18H24ClFN4O/c1-13-11-24(6-7-25-13)17(18-15(19)4-3-5-16(18)20)10-21-8-14-9-22-12-23(14)2/h3-5,9,12-13,17,21H,6-8,10-11H2,1-2H3/t13-,17+/m0/s1. The van der Waals surface area contributed by atoms with Crippen LogP contribution in [0.5, 0.6) is 0 Å². The molecule has 5 nitrogen and oxygen atoms in total. The second kappa shape index (κ2) is 8.27. The molecular weight excluding hydrogens is 343 g/mol. The van der Waals surface area contributed by atoms with E-state index in [1.165, 1.54) is 6.07 Å². The summed E-state index contributed by atoms with van der Waals surface area (Å²) >= 11 is 6.34. The van der Waals surface area contributed by atoms with Gasteiger partial charge in [0.25, 0.3) is 0 Å². The van der Waals surface area contributed by atoms with E-state index in [1.807, 2.05) is 24.7 Å². The van der Waals surface area contributed by atoms with E-state index in [4.69, 9.17) is 16.3 Å². The molecule has 0 spiro atoms. The normalized spacial score (nSPS) is 19.9. The Kier molecular flexibility index (Phi) is 6.06. The van der Waals surface area contributed by atoms with Gasteiger partial charge in [-0.2, -0.15) is 0 Å². The smallest absolute Gasteiger partial charge is 0.129 e. The Balaban J connectivity index is 1.78. The minimum Gasteiger partial charge on any atom is -0.376 e. The Morgan fingerprint density at radius 1 is 1.48 bits per heavy atom. The van der Waals surface area contributed by atoms with Crippen LogP contribution in [-0.4, -0.2) is 46.8 Å². The van der Waals surface area contributed by atoms with Gasteiger partial charge in [-0.3, -0.25) is 4.90 Å². The molecule has 1 saturated heterocycles. The van der Waals surface area contributed by atoms with Gasteiger partial charge in [0.1, 0.15) is 5.82 Å². The zero-order valence-corrected chi connectivity index (χ0v) is 15.3. The number of imidazole rings is 1. The van der Waals surface area contributed by atoms with Gasteiger partial charge in [-0.1, -0.05) is 17.7 Å². The summed E-state index contributed by atoms with van der Waals surface area (Å²) in [5.74, 6) is -0.265. The zero-order chi connectivity index (χ0) is 17.8. The van der Waals surface area contributed by atoms with Gasteiger partial charge >= 0.3 is 0 Å². The van der Waals surface area contributed by atoms with Gasteiger partial charge in [-0.15, -0.1) is 0 Å². The van der Waals surface area contributed by atoms with Gasteiger partial charge in [-0.05, 0) is 19.1 Å². The molecule has 2 atom stereocenters. The summed E-state index contributed by atoms with van der Waals surface area (Å²) in [7, 11) is 1.96. The molecular formula is C18H24ClFN4O. The molecule has 0 bridgehead atoms. The molecule has 0 amide bonds. The Morgan fingerprint density at radius 3 is 3.00 bits per heavy atom. The summed E-state index contributed by atoms with van der Waals surface area (Å²) in [6.45, 7) is 5.45. The molecule has 1 fully saturated rings. The van der Waals surface area contributed by atoms with Crippen molar-refractivity contribution in [3.8, 4) is 0 Å². The largest absolute Gasteiger partial charge is 0.376 e. The highest BCUT2D eigenvalue weighted by Crippen LogP contribution is 2.31. The van der Waals surface area contributed by atoms with Crippen LogP contribution in [0.4, 0.5) is 4.39 Å². The molecule has 1 N–H and O–H groups in total. The molecule has 0 unspecified atom stereocenters. The average molecular weight is 367 g/mol. The van der Waals surface area contributed by atoms with Gasteiger partial charge in [0.05, 0.1) is 30.8 Å². The number of aryl methyl sites for hydroxylation is 1. The van der Waals surface area contributed by atoms with Crippen molar-refractivity contribution in [3.63, 3.8) is 0 Å². The number of morpholine rings is 1. The van der Waals surface area contributed by atoms with Crippen molar-refractivity contribution >= 4 is 11.6 Å². The van der Waals surface area contributed by atoms with Gasteiger partial charge in [-0.25, -0.2) is 9.37 Å². The van der Waals surface area contributed by atoms with E-state index in [2.05, 4.69) is 15.2 Å². The van der Waals surface area contributed by atoms with E-state index in [0.29, 0.717) is 30.3 Å². The van der Waals surface area contributed by atoms with Crippen LogP contribution >= 0.6 is 11.6 Å². The fourth-order valence-electron chi connectivity index (χ4n) is 3.26. The first-order valence-corrected chi connectivity index (χ1v) is 8.89. The predicted molar refractivity (Wildman–Crippen MR) is 96.1 cm³/mol. The number of nitrogens with zero attached hydrogens (tertiary/aromatic N) is 3. The number of halogens is 2.